The second-order valence-corrected chi connectivity index (χ2v) is 10.7. The number of pyridine rings is 1. The SMILES string of the molecule is Cc1cc(NC(=O)NCc2ccc(C(F)(F)F)nc2N2CCC(C)CC2)ccc1CNS(C)(=O)=O.[HH].[HH].[HH]. The average molecular weight is 520 g/mol. The molecule has 0 unspecified atom stereocenters. The summed E-state index contributed by atoms with van der Waals surface area (Å²) >= 11 is 0. The Hall–Kier alpha value is -2.86. The summed E-state index contributed by atoms with van der Waals surface area (Å²) in [5, 5.41) is 5.37. The van der Waals surface area contributed by atoms with Crippen LogP contribution >= 0.6 is 0 Å². The molecular formula is C23H36F3N5O3S. The monoisotopic (exact) mass is 519 g/mol. The van der Waals surface area contributed by atoms with Crippen LogP contribution in [0.4, 0.5) is 29.5 Å². The summed E-state index contributed by atoms with van der Waals surface area (Å²) in [4.78, 5) is 18.2. The van der Waals surface area contributed by atoms with E-state index in [0.29, 0.717) is 30.3 Å². The highest BCUT2D eigenvalue weighted by Crippen LogP contribution is 2.32. The number of amides is 2. The summed E-state index contributed by atoms with van der Waals surface area (Å²) in [6.07, 6.45) is -1.76. The molecule has 0 aliphatic carbocycles. The van der Waals surface area contributed by atoms with Crippen LogP contribution < -0.4 is 20.3 Å². The van der Waals surface area contributed by atoms with Crippen molar-refractivity contribution in [3.63, 3.8) is 0 Å². The average Bonchev–Trinajstić information content (AvgIpc) is 2.76. The molecular weight excluding hydrogens is 483 g/mol. The number of nitrogens with zero attached hydrogens (tertiary/aromatic N) is 2. The van der Waals surface area contributed by atoms with Crippen LogP contribution in [0.2, 0.25) is 0 Å². The zero-order valence-corrected chi connectivity index (χ0v) is 20.7. The predicted octanol–water partition coefficient (Wildman–Crippen LogP) is 4.75. The third-order valence-corrected chi connectivity index (χ3v) is 6.56. The molecule has 2 heterocycles. The van der Waals surface area contributed by atoms with Crippen molar-refractivity contribution in [1.82, 2.24) is 15.0 Å². The lowest BCUT2D eigenvalue weighted by atomic mass is 9.99. The van der Waals surface area contributed by atoms with Crippen molar-refractivity contribution in [3.8, 4) is 0 Å². The van der Waals surface area contributed by atoms with E-state index in [1.165, 1.54) is 6.07 Å². The van der Waals surface area contributed by atoms with Gasteiger partial charge in [0.1, 0.15) is 11.5 Å². The van der Waals surface area contributed by atoms with Gasteiger partial charge < -0.3 is 15.5 Å². The summed E-state index contributed by atoms with van der Waals surface area (Å²) in [6, 6.07) is 6.82. The second-order valence-electron chi connectivity index (χ2n) is 8.89. The number of nitrogens with one attached hydrogen (secondary N) is 3. The molecule has 12 heteroatoms. The van der Waals surface area contributed by atoms with E-state index in [0.717, 1.165) is 36.3 Å². The van der Waals surface area contributed by atoms with Gasteiger partial charge in [0, 0.05) is 41.7 Å². The number of benzene rings is 1. The molecule has 0 bridgehead atoms. The first-order valence-electron chi connectivity index (χ1n) is 11.2. The first kappa shape index (κ1) is 26.7. The lowest BCUT2D eigenvalue weighted by molar-refractivity contribution is -0.141. The minimum atomic E-state index is -4.55. The molecule has 0 radical (unpaired) electrons. The van der Waals surface area contributed by atoms with Gasteiger partial charge in [-0.3, -0.25) is 0 Å². The number of alkyl halides is 3. The van der Waals surface area contributed by atoms with Crippen molar-refractivity contribution in [2.45, 2.75) is 46.0 Å². The van der Waals surface area contributed by atoms with Gasteiger partial charge in [-0.05, 0) is 55.0 Å². The number of hydrogen-bond acceptors (Lipinski definition) is 5. The first-order chi connectivity index (χ1) is 16.3. The Morgan fingerprint density at radius 3 is 2.40 bits per heavy atom. The fourth-order valence-electron chi connectivity index (χ4n) is 3.80. The Balaban J connectivity index is 0.00000456. The maximum absolute atomic E-state index is 13.3. The van der Waals surface area contributed by atoms with Gasteiger partial charge in [0.05, 0.1) is 6.26 Å². The number of hydrogen-bond donors (Lipinski definition) is 3. The van der Waals surface area contributed by atoms with Crippen molar-refractivity contribution < 1.29 is 30.7 Å². The summed E-state index contributed by atoms with van der Waals surface area (Å²) < 4.78 is 64.8. The summed E-state index contributed by atoms with van der Waals surface area (Å²) in [5.41, 5.74) is 1.59. The van der Waals surface area contributed by atoms with Gasteiger partial charge in [-0.2, -0.15) is 13.2 Å². The van der Waals surface area contributed by atoms with E-state index in [2.05, 4.69) is 27.3 Å². The third-order valence-electron chi connectivity index (χ3n) is 5.89. The zero-order valence-electron chi connectivity index (χ0n) is 19.9. The van der Waals surface area contributed by atoms with Crippen molar-refractivity contribution in [3.05, 3.63) is 52.7 Å². The predicted molar refractivity (Wildman–Crippen MR) is 135 cm³/mol. The van der Waals surface area contributed by atoms with Gasteiger partial charge in [0.15, 0.2) is 0 Å². The smallest absolute Gasteiger partial charge is 0.356 e. The van der Waals surface area contributed by atoms with Crippen molar-refractivity contribution in [2.75, 3.05) is 29.6 Å². The van der Waals surface area contributed by atoms with Crippen LogP contribution in [-0.4, -0.2) is 38.8 Å². The molecule has 1 saturated heterocycles. The highest BCUT2D eigenvalue weighted by Gasteiger charge is 2.34. The van der Waals surface area contributed by atoms with Crippen LogP contribution in [-0.2, 0) is 29.3 Å². The van der Waals surface area contributed by atoms with Gasteiger partial charge in [-0.15, -0.1) is 0 Å². The molecule has 1 aromatic heterocycles. The number of anilines is 2. The molecule has 198 valence electrons. The van der Waals surface area contributed by atoms with Crippen LogP contribution in [0.5, 0.6) is 0 Å². The largest absolute Gasteiger partial charge is 0.433 e. The summed E-state index contributed by atoms with van der Waals surface area (Å²) in [5.74, 6) is 0.743. The van der Waals surface area contributed by atoms with E-state index < -0.39 is 27.9 Å². The number of aryl methyl sites for hydroxylation is 1. The molecule has 1 aliphatic rings. The minimum absolute atomic E-state index is 0. The fraction of sp³-hybridized carbons (Fsp3) is 0.478. The van der Waals surface area contributed by atoms with Gasteiger partial charge in [0.2, 0.25) is 10.0 Å². The summed E-state index contributed by atoms with van der Waals surface area (Å²) in [7, 11) is -3.33. The Morgan fingerprint density at radius 2 is 1.80 bits per heavy atom. The van der Waals surface area contributed by atoms with E-state index in [1.54, 1.807) is 25.1 Å². The number of urea groups is 1. The van der Waals surface area contributed by atoms with Crippen LogP contribution in [0.3, 0.4) is 0 Å². The van der Waals surface area contributed by atoms with Crippen LogP contribution in [0, 0.1) is 12.8 Å². The topological polar surface area (TPSA) is 103 Å². The molecule has 2 aromatic rings. The van der Waals surface area contributed by atoms with Gasteiger partial charge in [0.25, 0.3) is 0 Å². The lowest BCUT2D eigenvalue weighted by Gasteiger charge is -2.33. The van der Waals surface area contributed by atoms with Gasteiger partial charge in [-0.25, -0.2) is 22.9 Å². The standard InChI is InChI=1S/C23H30F3N5O3S.3H2/c1-15-8-10-31(11-9-15)21-18(5-7-20(30-21)23(24,25)26)13-27-22(32)29-19-6-4-17(16(2)12-19)14-28-35(3,33)34;;;/h4-7,12,15,28H,8-11,13-14H2,1-3H3,(H2,27,29,32);3*1H. The molecule has 1 aliphatic heterocycles. The molecule has 0 atom stereocenters. The quantitative estimate of drug-likeness (QED) is 0.490. The Morgan fingerprint density at radius 1 is 1.14 bits per heavy atom. The Labute approximate surface area is 207 Å². The van der Waals surface area contributed by atoms with E-state index >= 15 is 0 Å². The van der Waals surface area contributed by atoms with E-state index in [9.17, 15) is 26.4 Å². The van der Waals surface area contributed by atoms with Crippen LogP contribution in [0.1, 0.15) is 46.4 Å². The molecule has 3 rings (SSSR count). The number of carbonyl (C=O) groups excluding carboxylic acids is 1. The minimum Gasteiger partial charge on any atom is -0.356 e. The van der Waals surface area contributed by atoms with E-state index in [-0.39, 0.29) is 23.2 Å². The van der Waals surface area contributed by atoms with Crippen molar-refractivity contribution in [2.24, 2.45) is 5.92 Å². The van der Waals surface area contributed by atoms with Crippen molar-refractivity contribution >= 4 is 27.6 Å². The number of rotatable bonds is 7. The molecule has 8 nitrogen and oxygen atoms in total. The van der Waals surface area contributed by atoms with Crippen LogP contribution in [0.25, 0.3) is 0 Å². The zero-order chi connectivity index (χ0) is 25.8. The second kappa shape index (κ2) is 10.8. The highest BCUT2D eigenvalue weighted by atomic mass is 32.2. The molecule has 0 spiro atoms. The number of halogens is 3. The Bertz CT molecular complexity index is 1180. The van der Waals surface area contributed by atoms with Gasteiger partial charge >= 0.3 is 12.2 Å². The maximum atomic E-state index is 13.3. The number of sulfonamides is 1. The van der Waals surface area contributed by atoms with E-state index in [4.69, 9.17) is 0 Å². The third kappa shape index (κ3) is 7.82. The normalized spacial score (nSPS) is 15.2. The molecule has 35 heavy (non-hydrogen) atoms. The number of piperidine rings is 1. The van der Waals surface area contributed by atoms with Crippen LogP contribution in [0.15, 0.2) is 30.3 Å². The number of carbonyl (C=O) groups is 1. The molecule has 1 aromatic carbocycles. The Kier molecular flexibility index (Phi) is 8.26. The van der Waals surface area contributed by atoms with Crippen molar-refractivity contribution in [1.29, 1.82) is 0 Å². The lowest BCUT2D eigenvalue weighted by Crippen LogP contribution is -2.35. The highest BCUT2D eigenvalue weighted by molar-refractivity contribution is 7.88. The molecule has 0 saturated carbocycles. The maximum Gasteiger partial charge on any atom is 0.433 e. The summed E-state index contributed by atoms with van der Waals surface area (Å²) in [6.45, 7) is 5.26. The molecule has 2 amide bonds. The fourth-order valence-corrected chi connectivity index (χ4v) is 4.22. The number of aromatic nitrogens is 1. The van der Waals surface area contributed by atoms with Gasteiger partial charge in [-0.1, -0.05) is 19.1 Å². The van der Waals surface area contributed by atoms with E-state index in [1.807, 2.05) is 4.90 Å². The first-order valence-corrected chi connectivity index (χ1v) is 13.1. The molecule has 3 N–H and O–H groups in total. The molecule has 1 fully saturated rings.